The summed E-state index contributed by atoms with van der Waals surface area (Å²) < 4.78 is 11.9. The maximum absolute atomic E-state index is 12.7. The Morgan fingerprint density at radius 1 is 1.12 bits per heavy atom. The van der Waals surface area contributed by atoms with Gasteiger partial charge in [0.15, 0.2) is 11.2 Å². The first kappa shape index (κ1) is 21.8. The molecule has 1 fully saturated rings. The highest BCUT2D eigenvalue weighted by molar-refractivity contribution is 8.00. The zero-order valence-corrected chi connectivity index (χ0v) is 18.6. The van der Waals surface area contributed by atoms with E-state index in [1.54, 1.807) is 28.5 Å². The van der Waals surface area contributed by atoms with E-state index in [0.717, 1.165) is 5.69 Å². The second-order valence-corrected chi connectivity index (χ2v) is 7.87. The van der Waals surface area contributed by atoms with Crippen molar-refractivity contribution in [2.24, 2.45) is 0 Å². The highest BCUT2D eigenvalue weighted by Crippen LogP contribution is 2.25. The molecule has 1 aliphatic heterocycles. The molecule has 32 heavy (non-hydrogen) atoms. The fourth-order valence-corrected chi connectivity index (χ4v) is 4.16. The lowest BCUT2D eigenvalue weighted by molar-refractivity contribution is -0.129. The summed E-state index contributed by atoms with van der Waals surface area (Å²) >= 11 is 1.29. The Morgan fingerprint density at radius 2 is 1.91 bits per heavy atom. The average Bonchev–Trinajstić information content (AvgIpc) is 3.27. The highest BCUT2D eigenvalue weighted by atomic mass is 32.2. The quantitative estimate of drug-likeness (QED) is 0.402. The second-order valence-electron chi connectivity index (χ2n) is 6.91. The predicted molar refractivity (Wildman–Crippen MR) is 117 cm³/mol. The van der Waals surface area contributed by atoms with Crippen LogP contribution >= 0.6 is 11.8 Å². The van der Waals surface area contributed by atoms with E-state index in [0.29, 0.717) is 54.7 Å². The van der Waals surface area contributed by atoms with Crippen molar-refractivity contribution in [1.29, 1.82) is 0 Å². The molecule has 0 bridgehead atoms. The number of thioether (sulfide) groups is 1. The molecule has 1 aliphatic rings. The van der Waals surface area contributed by atoms with Crippen molar-refractivity contribution in [1.82, 2.24) is 34.8 Å². The highest BCUT2D eigenvalue weighted by Gasteiger charge is 2.25. The number of methoxy groups -OCH3 is 1. The van der Waals surface area contributed by atoms with E-state index in [1.807, 2.05) is 24.3 Å². The van der Waals surface area contributed by atoms with Gasteiger partial charge in [0, 0.05) is 32.2 Å². The molecule has 1 aromatic carbocycles. The zero-order valence-electron chi connectivity index (χ0n) is 17.8. The maximum atomic E-state index is 12.7. The molecule has 0 aliphatic carbocycles. The van der Waals surface area contributed by atoms with Crippen LogP contribution in [0.15, 0.2) is 35.6 Å². The Bertz CT molecular complexity index is 1110. The molecule has 4 rings (SSSR count). The molecule has 2 amide bonds. The van der Waals surface area contributed by atoms with Crippen LogP contribution in [0.5, 0.6) is 5.75 Å². The maximum Gasteiger partial charge on any atom is 0.409 e. The number of carbonyl (C=O) groups is 2. The molecule has 0 atom stereocenters. The second kappa shape index (κ2) is 9.81. The monoisotopic (exact) mass is 457 g/mol. The van der Waals surface area contributed by atoms with Crippen molar-refractivity contribution in [3.8, 4) is 11.4 Å². The van der Waals surface area contributed by atoms with Gasteiger partial charge in [-0.25, -0.2) is 14.8 Å². The van der Waals surface area contributed by atoms with Gasteiger partial charge in [0.2, 0.25) is 5.91 Å². The number of carbonyl (C=O) groups excluding carboxylic acids is 2. The van der Waals surface area contributed by atoms with Gasteiger partial charge in [-0.15, -0.1) is 5.10 Å². The minimum absolute atomic E-state index is 0.0227. The minimum atomic E-state index is -0.337. The molecule has 0 spiro atoms. The van der Waals surface area contributed by atoms with Gasteiger partial charge in [-0.3, -0.25) is 4.79 Å². The van der Waals surface area contributed by atoms with Crippen molar-refractivity contribution in [2.45, 2.75) is 11.9 Å². The van der Waals surface area contributed by atoms with Gasteiger partial charge in [-0.1, -0.05) is 23.0 Å². The van der Waals surface area contributed by atoms with E-state index in [-0.39, 0.29) is 17.8 Å². The van der Waals surface area contributed by atoms with Crippen molar-refractivity contribution in [2.75, 3.05) is 45.6 Å². The van der Waals surface area contributed by atoms with Gasteiger partial charge < -0.3 is 19.3 Å². The molecule has 0 radical (unpaired) electrons. The Balaban J connectivity index is 1.41. The van der Waals surface area contributed by atoms with Gasteiger partial charge in [0.25, 0.3) is 0 Å². The number of hydrogen-bond donors (Lipinski definition) is 0. The number of nitrogens with zero attached hydrogens (tertiary/aromatic N) is 7. The predicted octanol–water partition coefficient (Wildman–Crippen LogP) is 1.61. The van der Waals surface area contributed by atoms with Crippen molar-refractivity contribution in [3.05, 3.63) is 30.6 Å². The SMILES string of the molecule is CCOC(=O)N1CCN(C(=O)CSc2ncnc3c2nnn3-c2cccc(OC)c2)CC1. The summed E-state index contributed by atoms with van der Waals surface area (Å²) in [5.41, 5.74) is 1.84. The van der Waals surface area contributed by atoms with Crippen LogP contribution in [-0.2, 0) is 9.53 Å². The average molecular weight is 458 g/mol. The van der Waals surface area contributed by atoms with Crippen LogP contribution in [0.1, 0.15) is 6.92 Å². The fourth-order valence-electron chi connectivity index (χ4n) is 3.32. The Labute approximate surface area is 188 Å². The lowest BCUT2D eigenvalue weighted by atomic mass is 10.3. The summed E-state index contributed by atoms with van der Waals surface area (Å²) in [6.45, 7) is 3.98. The first-order valence-corrected chi connectivity index (χ1v) is 11.1. The van der Waals surface area contributed by atoms with Gasteiger partial charge >= 0.3 is 6.09 Å². The molecular formula is C20H23N7O4S. The lowest BCUT2D eigenvalue weighted by Crippen LogP contribution is -2.51. The van der Waals surface area contributed by atoms with E-state index in [4.69, 9.17) is 9.47 Å². The smallest absolute Gasteiger partial charge is 0.409 e. The van der Waals surface area contributed by atoms with E-state index in [1.165, 1.54) is 18.1 Å². The normalized spacial score (nSPS) is 13.9. The third-order valence-electron chi connectivity index (χ3n) is 4.99. The van der Waals surface area contributed by atoms with Crippen LogP contribution in [0, 0.1) is 0 Å². The van der Waals surface area contributed by atoms with Gasteiger partial charge in [0.1, 0.15) is 17.1 Å². The Hall–Kier alpha value is -3.41. The van der Waals surface area contributed by atoms with E-state index >= 15 is 0 Å². The van der Waals surface area contributed by atoms with E-state index in [9.17, 15) is 9.59 Å². The summed E-state index contributed by atoms with van der Waals surface area (Å²) in [6.07, 6.45) is 1.10. The van der Waals surface area contributed by atoms with Crippen LogP contribution in [0.2, 0.25) is 0 Å². The third-order valence-corrected chi connectivity index (χ3v) is 5.96. The fraction of sp³-hybridized carbons (Fsp3) is 0.400. The van der Waals surface area contributed by atoms with E-state index in [2.05, 4.69) is 20.3 Å². The minimum Gasteiger partial charge on any atom is -0.497 e. The van der Waals surface area contributed by atoms with Crippen molar-refractivity contribution < 1.29 is 19.1 Å². The van der Waals surface area contributed by atoms with E-state index < -0.39 is 0 Å². The molecule has 12 heteroatoms. The zero-order chi connectivity index (χ0) is 22.5. The van der Waals surface area contributed by atoms with Gasteiger partial charge in [-0.2, -0.15) is 4.68 Å². The molecule has 2 aromatic heterocycles. The number of benzene rings is 1. The number of piperazine rings is 1. The van der Waals surface area contributed by atoms with Crippen LogP contribution < -0.4 is 4.74 Å². The number of fused-ring (bicyclic) bond motifs is 1. The molecule has 0 unspecified atom stereocenters. The number of rotatable bonds is 6. The molecule has 0 N–H and O–H groups in total. The van der Waals surface area contributed by atoms with Gasteiger partial charge in [0.05, 0.1) is 25.2 Å². The summed E-state index contributed by atoms with van der Waals surface area (Å²) in [5, 5.41) is 9.03. The molecule has 3 heterocycles. The number of hydrogen-bond acceptors (Lipinski definition) is 9. The molecule has 0 saturated carbocycles. The lowest BCUT2D eigenvalue weighted by Gasteiger charge is -2.34. The van der Waals surface area contributed by atoms with Crippen LogP contribution in [0.25, 0.3) is 16.9 Å². The summed E-state index contributed by atoms with van der Waals surface area (Å²) in [5.74, 6) is 0.881. The Kier molecular flexibility index (Phi) is 6.69. The van der Waals surface area contributed by atoms with Crippen molar-refractivity contribution >= 4 is 34.9 Å². The summed E-state index contributed by atoms with van der Waals surface area (Å²) in [6, 6.07) is 7.42. The largest absolute Gasteiger partial charge is 0.497 e. The molecule has 3 aromatic rings. The number of ether oxygens (including phenoxy) is 2. The first-order valence-electron chi connectivity index (χ1n) is 10.1. The molecular weight excluding hydrogens is 434 g/mol. The first-order chi connectivity index (χ1) is 15.6. The number of aromatic nitrogens is 5. The Morgan fingerprint density at radius 3 is 2.66 bits per heavy atom. The molecule has 11 nitrogen and oxygen atoms in total. The van der Waals surface area contributed by atoms with Crippen LogP contribution in [0.4, 0.5) is 4.79 Å². The van der Waals surface area contributed by atoms with Crippen LogP contribution in [0.3, 0.4) is 0 Å². The molecule has 1 saturated heterocycles. The van der Waals surface area contributed by atoms with Gasteiger partial charge in [-0.05, 0) is 19.1 Å². The van der Waals surface area contributed by atoms with Crippen LogP contribution in [-0.4, -0.2) is 92.4 Å². The summed E-state index contributed by atoms with van der Waals surface area (Å²) in [7, 11) is 1.60. The van der Waals surface area contributed by atoms with Crippen molar-refractivity contribution in [3.63, 3.8) is 0 Å². The third kappa shape index (κ3) is 4.59. The topological polar surface area (TPSA) is 116 Å². The molecule has 168 valence electrons. The standard InChI is InChI=1S/C20H23N7O4S/c1-3-31-20(29)26-9-7-25(8-10-26)16(28)12-32-19-17-18(21-13-22-19)27(24-23-17)14-5-4-6-15(11-14)30-2/h4-6,11,13H,3,7-10,12H2,1-2H3. The summed E-state index contributed by atoms with van der Waals surface area (Å²) in [4.78, 5) is 36.5. The number of amides is 2.